The lowest BCUT2D eigenvalue weighted by molar-refractivity contribution is 0.369. The number of aromatic nitrogens is 2. The first kappa shape index (κ1) is 14.1. The van der Waals surface area contributed by atoms with Crippen LogP contribution in [0.2, 0.25) is 0 Å². The minimum Gasteiger partial charge on any atom is -0.481 e. The Kier molecular flexibility index (Phi) is 4.96. The SMILES string of the molecule is COc1cc(N(CC2CCCNC2)C(C)C)ncn1. The van der Waals surface area contributed by atoms with Crippen molar-refractivity contribution in [3.63, 3.8) is 0 Å². The van der Waals surface area contributed by atoms with E-state index in [-0.39, 0.29) is 0 Å². The average molecular weight is 264 g/mol. The molecule has 5 heteroatoms. The molecule has 2 rings (SSSR count). The normalized spacial score (nSPS) is 19.5. The molecule has 106 valence electrons. The zero-order valence-electron chi connectivity index (χ0n) is 12.1. The summed E-state index contributed by atoms with van der Waals surface area (Å²) in [6.45, 7) is 7.69. The predicted molar refractivity (Wildman–Crippen MR) is 76.7 cm³/mol. The molecule has 0 radical (unpaired) electrons. The Morgan fingerprint density at radius 1 is 1.47 bits per heavy atom. The molecule has 1 aliphatic rings. The minimum atomic E-state index is 0.418. The summed E-state index contributed by atoms with van der Waals surface area (Å²) in [4.78, 5) is 10.8. The fraction of sp³-hybridized carbons (Fsp3) is 0.714. The summed E-state index contributed by atoms with van der Waals surface area (Å²) in [5, 5.41) is 3.47. The standard InChI is InChI=1S/C14H24N4O/c1-11(2)18(9-12-5-4-6-15-8-12)13-7-14(19-3)17-10-16-13/h7,10-12,15H,4-6,8-9H2,1-3H3. The molecular weight excluding hydrogens is 240 g/mol. The zero-order chi connectivity index (χ0) is 13.7. The second-order valence-electron chi connectivity index (χ2n) is 5.38. The van der Waals surface area contributed by atoms with Crippen molar-refractivity contribution in [3.8, 4) is 5.88 Å². The molecule has 0 amide bonds. The molecule has 2 heterocycles. The van der Waals surface area contributed by atoms with Crippen LogP contribution in [0.15, 0.2) is 12.4 Å². The average Bonchev–Trinajstić information content (AvgIpc) is 2.45. The third-order valence-electron chi connectivity index (χ3n) is 3.61. The number of ether oxygens (including phenoxy) is 1. The van der Waals surface area contributed by atoms with Gasteiger partial charge in [-0.3, -0.25) is 0 Å². The third-order valence-corrected chi connectivity index (χ3v) is 3.61. The Hall–Kier alpha value is -1.36. The van der Waals surface area contributed by atoms with Crippen LogP contribution in [-0.4, -0.2) is 42.8 Å². The summed E-state index contributed by atoms with van der Waals surface area (Å²) >= 11 is 0. The van der Waals surface area contributed by atoms with Gasteiger partial charge in [-0.05, 0) is 45.7 Å². The van der Waals surface area contributed by atoms with E-state index in [0.29, 0.717) is 17.8 Å². The quantitative estimate of drug-likeness (QED) is 0.877. The molecule has 1 aromatic rings. The van der Waals surface area contributed by atoms with Crippen LogP contribution in [0, 0.1) is 5.92 Å². The van der Waals surface area contributed by atoms with Gasteiger partial charge in [-0.25, -0.2) is 9.97 Å². The highest BCUT2D eigenvalue weighted by Gasteiger charge is 2.20. The number of rotatable bonds is 5. The van der Waals surface area contributed by atoms with Gasteiger partial charge in [-0.1, -0.05) is 0 Å². The molecule has 0 aromatic carbocycles. The second-order valence-corrected chi connectivity index (χ2v) is 5.38. The Morgan fingerprint density at radius 2 is 2.32 bits per heavy atom. The van der Waals surface area contributed by atoms with Crippen LogP contribution in [0.1, 0.15) is 26.7 Å². The highest BCUT2D eigenvalue weighted by atomic mass is 16.5. The maximum atomic E-state index is 5.18. The first-order valence-electron chi connectivity index (χ1n) is 7.04. The van der Waals surface area contributed by atoms with Crippen molar-refractivity contribution in [2.45, 2.75) is 32.7 Å². The fourth-order valence-corrected chi connectivity index (χ4v) is 2.53. The molecule has 19 heavy (non-hydrogen) atoms. The molecule has 5 nitrogen and oxygen atoms in total. The van der Waals surface area contributed by atoms with Crippen molar-refractivity contribution in [1.29, 1.82) is 0 Å². The van der Waals surface area contributed by atoms with E-state index in [1.54, 1.807) is 13.4 Å². The van der Waals surface area contributed by atoms with Gasteiger partial charge < -0.3 is 15.0 Å². The van der Waals surface area contributed by atoms with Crippen LogP contribution in [-0.2, 0) is 0 Å². The predicted octanol–water partition coefficient (Wildman–Crippen LogP) is 1.70. The van der Waals surface area contributed by atoms with E-state index in [9.17, 15) is 0 Å². The Bertz CT molecular complexity index is 391. The maximum absolute atomic E-state index is 5.18. The second kappa shape index (κ2) is 6.70. The molecular formula is C14H24N4O. The monoisotopic (exact) mass is 264 g/mol. The number of methoxy groups -OCH3 is 1. The summed E-state index contributed by atoms with van der Waals surface area (Å²) < 4.78 is 5.18. The van der Waals surface area contributed by atoms with Crippen molar-refractivity contribution in [1.82, 2.24) is 15.3 Å². The van der Waals surface area contributed by atoms with E-state index < -0.39 is 0 Å². The smallest absolute Gasteiger partial charge is 0.218 e. The maximum Gasteiger partial charge on any atom is 0.218 e. The minimum absolute atomic E-state index is 0.418. The first-order chi connectivity index (χ1) is 9.20. The summed E-state index contributed by atoms with van der Waals surface area (Å²) in [5.74, 6) is 2.27. The van der Waals surface area contributed by atoms with Crippen LogP contribution < -0.4 is 15.0 Å². The number of piperidine rings is 1. The fourth-order valence-electron chi connectivity index (χ4n) is 2.53. The van der Waals surface area contributed by atoms with Crippen molar-refractivity contribution in [2.24, 2.45) is 5.92 Å². The molecule has 1 aromatic heterocycles. The molecule has 1 aliphatic heterocycles. The zero-order valence-corrected chi connectivity index (χ0v) is 12.1. The first-order valence-corrected chi connectivity index (χ1v) is 7.04. The van der Waals surface area contributed by atoms with E-state index in [1.807, 2.05) is 6.07 Å². The van der Waals surface area contributed by atoms with E-state index >= 15 is 0 Å². The highest BCUT2D eigenvalue weighted by molar-refractivity contribution is 5.41. The summed E-state index contributed by atoms with van der Waals surface area (Å²) in [7, 11) is 1.64. The molecule has 1 N–H and O–H groups in total. The van der Waals surface area contributed by atoms with E-state index in [1.165, 1.54) is 12.8 Å². The summed E-state index contributed by atoms with van der Waals surface area (Å²) in [6, 6.07) is 2.33. The van der Waals surface area contributed by atoms with Gasteiger partial charge in [-0.15, -0.1) is 0 Å². The summed E-state index contributed by atoms with van der Waals surface area (Å²) in [5.41, 5.74) is 0. The lowest BCUT2D eigenvalue weighted by Crippen LogP contribution is -2.41. The number of hydrogen-bond acceptors (Lipinski definition) is 5. The molecule has 0 saturated carbocycles. The lowest BCUT2D eigenvalue weighted by Gasteiger charge is -2.33. The largest absolute Gasteiger partial charge is 0.481 e. The van der Waals surface area contributed by atoms with E-state index in [4.69, 9.17) is 4.74 Å². The number of anilines is 1. The number of hydrogen-bond donors (Lipinski definition) is 1. The van der Waals surface area contributed by atoms with Gasteiger partial charge in [0.15, 0.2) is 0 Å². The molecule has 0 spiro atoms. The molecule has 1 saturated heterocycles. The van der Waals surface area contributed by atoms with Gasteiger partial charge in [0.25, 0.3) is 0 Å². The van der Waals surface area contributed by atoms with Crippen molar-refractivity contribution >= 4 is 5.82 Å². The van der Waals surface area contributed by atoms with Gasteiger partial charge in [-0.2, -0.15) is 0 Å². The Morgan fingerprint density at radius 3 is 2.95 bits per heavy atom. The van der Waals surface area contributed by atoms with Crippen molar-refractivity contribution in [3.05, 3.63) is 12.4 Å². The molecule has 1 atom stereocenters. The number of nitrogens with one attached hydrogen (secondary N) is 1. The van der Waals surface area contributed by atoms with Crippen LogP contribution in [0.25, 0.3) is 0 Å². The van der Waals surface area contributed by atoms with Crippen LogP contribution in [0.3, 0.4) is 0 Å². The van der Waals surface area contributed by atoms with E-state index in [2.05, 4.69) is 34.0 Å². The van der Waals surface area contributed by atoms with Crippen molar-refractivity contribution in [2.75, 3.05) is 31.6 Å². The topological polar surface area (TPSA) is 50.3 Å². The molecule has 1 fully saturated rings. The van der Waals surface area contributed by atoms with Crippen LogP contribution >= 0.6 is 0 Å². The Labute approximate surface area is 115 Å². The molecule has 0 aliphatic carbocycles. The highest BCUT2D eigenvalue weighted by Crippen LogP contribution is 2.21. The Balaban J connectivity index is 2.09. The van der Waals surface area contributed by atoms with Gasteiger partial charge in [0.05, 0.1) is 7.11 Å². The molecule has 0 bridgehead atoms. The van der Waals surface area contributed by atoms with Crippen molar-refractivity contribution < 1.29 is 4.74 Å². The van der Waals surface area contributed by atoms with Gasteiger partial charge >= 0.3 is 0 Å². The molecule has 1 unspecified atom stereocenters. The number of nitrogens with zero attached hydrogens (tertiary/aromatic N) is 3. The van der Waals surface area contributed by atoms with Gasteiger partial charge in [0, 0.05) is 18.7 Å². The summed E-state index contributed by atoms with van der Waals surface area (Å²) in [6.07, 6.45) is 4.13. The van der Waals surface area contributed by atoms with Crippen LogP contribution in [0.5, 0.6) is 5.88 Å². The third kappa shape index (κ3) is 3.80. The van der Waals surface area contributed by atoms with Gasteiger partial charge in [0.1, 0.15) is 12.1 Å². The van der Waals surface area contributed by atoms with Gasteiger partial charge in [0.2, 0.25) is 5.88 Å². The van der Waals surface area contributed by atoms with E-state index in [0.717, 1.165) is 25.5 Å². The lowest BCUT2D eigenvalue weighted by atomic mass is 9.98. The van der Waals surface area contributed by atoms with Crippen LogP contribution in [0.4, 0.5) is 5.82 Å².